The lowest BCUT2D eigenvalue weighted by molar-refractivity contribution is -0.116. The van der Waals surface area contributed by atoms with Crippen LogP contribution in [0.3, 0.4) is 0 Å². The molecule has 0 bridgehead atoms. The van der Waals surface area contributed by atoms with Crippen LogP contribution in [-0.2, 0) is 37.1 Å². The van der Waals surface area contributed by atoms with Crippen LogP contribution in [0.4, 0.5) is 5.69 Å². The molecule has 0 saturated heterocycles. The fraction of sp³-hybridized carbons (Fsp3) is 0.345. The molecule has 1 aliphatic carbocycles. The van der Waals surface area contributed by atoms with E-state index in [0.29, 0.717) is 39.6 Å². The van der Waals surface area contributed by atoms with Gasteiger partial charge in [0.2, 0.25) is 5.91 Å². The van der Waals surface area contributed by atoms with Gasteiger partial charge in [-0.3, -0.25) is 18.7 Å². The molecule has 0 spiro atoms. The monoisotopic (exact) mass is 549 g/mol. The number of amides is 1. The van der Waals surface area contributed by atoms with E-state index in [0.717, 1.165) is 41.7 Å². The first kappa shape index (κ1) is 26.6. The highest BCUT2D eigenvalue weighted by Crippen LogP contribution is 2.34. The van der Waals surface area contributed by atoms with E-state index in [1.54, 1.807) is 51.7 Å². The molecule has 1 N–H and O–H groups in total. The third-order valence-electron chi connectivity index (χ3n) is 7.07. The summed E-state index contributed by atoms with van der Waals surface area (Å²) in [5, 5.41) is 3.42. The first-order chi connectivity index (χ1) is 18.9. The number of anilines is 1. The highest BCUT2D eigenvalue weighted by Gasteiger charge is 2.24. The van der Waals surface area contributed by atoms with E-state index in [4.69, 9.17) is 14.2 Å². The molecule has 4 aromatic rings. The van der Waals surface area contributed by atoms with Gasteiger partial charge >= 0.3 is 5.69 Å². The van der Waals surface area contributed by atoms with Gasteiger partial charge in [-0.2, -0.15) is 0 Å². The van der Waals surface area contributed by atoms with Crippen LogP contribution >= 0.6 is 11.3 Å². The summed E-state index contributed by atoms with van der Waals surface area (Å²) in [6.07, 6.45) is 4.17. The normalized spacial score (nSPS) is 12.7. The van der Waals surface area contributed by atoms with Crippen LogP contribution < -0.4 is 30.8 Å². The molecule has 10 heteroatoms. The van der Waals surface area contributed by atoms with Gasteiger partial charge in [-0.15, -0.1) is 11.3 Å². The minimum atomic E-state index is -0.489. The SMILES string of the molecule is COc1ccc(NC(=O)Cn2c(=O)n(CCc3ccc(OC)c(OC)c3)c(=O)c3c4c(sc32)CCCC4)cc1. The summed E-state index contributed by atoms with van der Waals surface area (Å²) in [6, 6.07) is 12.5. The molecule has 0 unspecified atom stereocenters. The predicted molar refractivity (Wildman–Crippen MR) is 152 cm³/mol. The molecule has 0 aliphatic heterocycles. The van der Waals surface area contributed by atoms with Crippen molar-refractivity contribution in [3.05, 3.63) is 79.3 Å². The quantitative estimate of drug-likeness (QED) is 0.339. The summed E-state index contributed by atoms with van der Waals surface area (Å²) in [7, 11) is 4.71. The maximum atomic E-state index is 13.7. The summed E-state index contributed by atoms with van der Waals surface area (Å²) in [5.41, 5.74) is 1.74. The van der Waals surface area contributed by atoms with Crippen LogP contribution in [0.5, 0.6) is 17.2 Å². The van der Waals surface area contributed by atoms with Crippen LogP contribution in [-0.4, -0.2) is 36.4 Å². The zero-order valence-electron chi connectivity index (χ0n) is 22.2. The lowest BCUT2D eigenvalue weighted by atomic mass is 9.97. The zero-order valence-corrected chi connectivity index (χ0v) is 23.1. The van der Waals surface area contributed by atoms with E-state index in [2.05, 4.69) is 5.32 Å². The molecule has 1 amide bonds. The maximum Gasteiger partial charge on any atom is 0.332 e. The second kappa shape index (κ2) is 11.4. The number of hydrogen-bond donors (Lipinski definition) is 1. The van der Waals surface area contributed by atoms with Crippen molar-refractivity contribution in [2.75, 3.05) is 26.6 Å². The van der Waals surface area contributed by atoms with E-state index in [-0.39, 0.29) is 24.6 Å². The molecule has 1 aliphatic rings. The Bertz CT molecular complexity index is 1630. The molecule has 2 heterocycles. The van der Waals surface area contributed by atoms with Gasteiger partial charge in [0.15, 0.2) is 11.5 Å². The number of methoxy groups -OCH3 is 3. The maximum absolute atomic E-state index is 13.7. The van der Waals surface area contributed by atoms with Gasteiger partial charge in [0.1, 0.15) is 17.1 Å². The predicted octanol–water partition coefficient (Wildman–Crippen LogP) is 4.01. The van der Waals surface area contributed by atoms with Crippen LogP contribution in [0.15, 0.2) is 52.1 Å². The molecule has 0 fully saturated rings. The number of ether oxygens (including phenoxy) is 3. The smallest absolute Gasteiger partial charge is 0.332 e. The van der Waals surface area contributed by atoms with Crippen molar-refractivity contribution < 1.29 is 19.0 Å². The fourth-order valence-electron chi connectivity index (χ4n) is 5.05. The molecule has 0 atom stereocenters. The highest BCUT2D eigenvalue weighted by atomic mass is 32.1. The molecule has 0 saturated carbocycles. The second-order valence-electron chi connectivity index (χ2n) is 9.43. The Kier molecular flexibility index (Phi) is 7.74. The Morgan fingerprint density at radius 1 is 0.923 bits per heavy atom. The van der Waals surface area contributed by atoms with Crippen molar-refractivity contribution in [2.45, 2.75) is 45.2 Å². The van der Waals surface area contributed by atoms with Gasteiger partial charge in [0.05, 0.1) is 26.7 Å². The fourth-order valence-corrected chi connectivity index (χ4v) is 6.42. The van der Waals surface area contributed by atoms with Crippen molar-refractivity contribution in [3.63, 3.8) is 0 Å². The summed E-state index contributed by atoms with van der Waals surface area (Å²) in [5.74, 6) is 1.52. The lowest BCUT2D eigenvalue weighted by Gasteiger charge is -2.14. The van der Waals surface area contributed by atoms with Crippen molar-refractivity contribution in [1.29, 1.82) is 0 Å². The van der Waals surface area contributed by atoms with E-state index in [9.17, 15) is 14.4 Å². The molecule has 2 aromatic heterocycles. The number of carbonyl (C=O) groups excluding carboxylic acids is 1. The van der Waals surface area contributed by atoms with Gasteiger partial charge in [0, 0.05) is 17.1 Å². The van der Waals surface area contributed by atoms with Crippen LogP contribution in [0.1, 0.15) is 28.8 Å². The van der Waals surface area contributed by atoms with E-state index < -0.39 is 5.69 Å². The molecule has 39 heavy (non-hydrogen) atoms. The van der Waals surface area contributed by atoms with Gasteiger partial charge in [-0.05, 0) is 79.6 Å². The van der Waals surface area contributed by atoms with Gasteiger partial charge in [0.25, 0.3) is 5.56 Å². The number of fused-ring (bicyclic) bond motifs is 3. The number of rotatable bonds is 9. The number of hydrogen-bond acceptors (Lipinski definition) is 7. The average molecular weight is 550 g/mol. The number of thiophene rings is 1. The van der Waals surface area contributed by atoms with Crippen LogP contribution in [0.2, 0.25) is 0 Å². The number of nitrogens with zero attached hydrogens (tertiary/aromatic N) is 2. The average Bonchev–Trinajstić information content (AvgIpc) is 3.35. The summed E-state index contributed by atoms with van der Waals surface area (Å²) in [6.45, 7) is -0.0226. The largest absolute Gasteiger partial charge is 0.497 e. The third kappa shape index (κ3) is 5.29. The first-order valence-corrected chi connectivity index (χ1v) is 13.7. The number of nitrogens with one attached hydrogen (secondary N) is 1. The molecule has 9 nitrogen and oxygen atoms in total. The van der Waals surface area contributed by atoms with Crippen molar-refractivity contribution in [2.24, 2.45) is 0 Å². The first-order valence-electron chi connectivity index (χ1n) is 12.9. The van der Waals surface area contributed by atoms with Gasteiger partial charge < -0.3 is 19.5 Å². The van der Waals surface area contributed by atoms with E-state index in [1.165, 1.54) is 20.5 Å². The van der Waals surface area contributed by atoms with Gasteiger partial charge in [-0.1, -0.05) is 6.07 Å². The lowest BCUT2D eigenvalue weighted by Crippen LogP contribution is -2.42. The number of aromatic nitrogens is 2. The molecular formula is C29H31N3O6S. The Hall–Kier alpha value is -4.05. The molecular weight excluding hydrogens is 518 g/mol. The Morgan fingerprint density at radius 2 is 1.67 bits per heavy atom. The van der Waals surface area contributed by atoms with Crippen LogP contribution in [0.25, 0.3) is 10.2 Å². The Labute approximate surface area is 229 Å². The molecule has 0 radical (unpaired) electrons. The van der Waals surface area contributed by atoms with Crippen molar-refractivity contribution in [3.8, 4) is 17.2 Å². The number of benzene rings is 2. The molecule has 2 aromatic carbocycles. The van der Waals surface area contributed by atoms with Crippen molar-refractivity contribution in [1.82, 2.24) is 9.13 Å². The summed E-state index contributed by atoms with van der Waals surface area (Å²) >= 11 is 1.46. The minimum absolute atomic E-state index is 0.174. The summed E-state index contributed by atoms with van der Waals surface area (Å²) in [4.78, 5) is 42.2. The standard InChI is InChI=1S/C29H31N3O6S/c1-36-20-11-9-19(10-12-20)30-25(33)17-32-28-26(21-6-4-5-7-24(21)39-28)27(34)31(29(32)35)15-14-18-8-13-22(37-2)23(16-18)38-3/h8-13,16H,4-7,14-15,17H2,1-3H3,(H,30,33). The zero-order chi connectivity index (χ0) is 27.5. The van der Waals surface area contributed by atoms with Crippen LogP contribution in [0, 0.1) is 0 Å². The highest BCUT2D eigenvalue weighted by molar-refractivity contribution is 7.18. The number of carbonyl (C=O) groups is 1. The van der Waals surface area contributed by atoms with E-state index >= 15 is 0 Å². The minimum Gasteiger partial charge on any atom is -0.497 e. The van der Waals surface area contributed by atoms with Crippen molar-refractivity contribution >= 4 is 33.1 Å². The Morgan fingerprint density at radius 3 is 2.38 bits per heavy atom. The summed E-state index contributed by atoms with van der Waals surface area (Å²) < 4.78 is 18.6. The second-order valence-corrected chi connectivity index (χ2v) is 10.5. The molecule has 204 valence electrons. The molecule has 5 rings (SSSR count). The van der Waals surface area contributed by atoms with E-state index in [1.807, 2.05) is 12.1 Å². The van der Waals surface area contributed by atoms with Gasteiger partial charge in [-0.25, -0.2) is 4.79 Å². The third-order valence-corrected chi connectivity index (χ3v) is 8.38. The topological polar surface area (TPSA) is 101 Å². The Balaban J connectivity index is 1.51. The number of aryl methyl sites for hydroxylation is 3.